The van der Waals surface area contributed by atoms with Crippen LogP contribution in [0.3, 0.4) is 0 Å². The Labute approximate surface area is 167 Å². The minimum absolute atomic E-state index is 0.594. The van der Waals surface area contributed by atoms with Crippen molar-refractivity contribution in [2.75, 3.05) is 12.4 Å². The number of hydrogen-bond acceptors (Lipinski definition) is 4. The van der Waals surface area contributed by atoms with E-state index in [-0.39, 0.29) is 0 Å². The smallest absolute Gasteiger partial charge is 0.246 e. The van der Waals surface area contributed by atoms with Gasteiger partial charge in [-0.15, -0.1) is 5.10 Å². The van der Waals surface area contributed by atoms with Gasteiger partial charge in [0.05, 0.1) is 5.69 Å². The minimum atomic E-state index is 0.594. The molecule has 2 heterocycles. The van der Waals surface area contributed by atoms with Crippen LogP contribution in [0.1, 0.15) is 43.7 Å². The van der Waals surface area contributed by atoms with E-state index in [9.17, 15) is 0 Å². The molecule has 1 N–H and O–H groups in total. The molecule has 1 aliphatic heterocycles. The Bertz CT molecular complexity index is 921. The second-order valence-electron chi connectivity index (χ2n) is 8.14. The van der Waals surface area contributed by atoms with Gasteiger partial charge < -0.3 is 10.2 Å². The summed E-state index contributed by atoms with van der Waals surface area (Å²) in [5, 5.41) is 7.96. The summed E-state index contributed by atoms with van der Waals surface area (Å²) in [6.45, 7) is 6.82. The number of likely N-dealkylation sites (tertiary alicyclic amines) is 1. The van der Waals surface area contributed by atoms with Gasteiger partial charge >= 0.3 is 0 Å². The van der Waals surface area contributed by atoms with E-state index in [1.54, 1.807) is 11.0 Å². The normalized spacial score (nSPS) is 22.9. The maximum Gasteiger partial charge on any atom is 0.246 e. The fourth-order valence-electron chi connectivity index (χ4n) is 4.23. The predicted molar refractivity (Wildman–Crippen MR) is 114 cm³/mol. The van der Waals surface area contributed by atoms with Gasteiger partial charge in [-0.2, -0.15) is 4.98 Å². The standard InChI is InChI=1S/C23H29N5/c1-16-10-19(20-12-17(2)27(4)18(3)13-20)14-21(11-16)25-23-24-15-28(26-23)22-8-6-5-7-9-22/h5-11,14-15,17-18,20H,12-13H2,1-4H3,(H,25,26)/t17-,18+,20?. The van der Waals surface area contributed by atoms with Crippen molar-refractivity contribution < 1.29 is 0 Å². The van der Waals surface area contributed by atoms with E-state index in [1.165, 1.54) is 24.0 Å². The van der Waals surface area contributed by atoms with E-state index in [4.69, 9.17) is 0 Å². The van der Waals surface area contributed by atoms with E-state index in [2.05, 4.69) is 66.3 Å². The topological polar surface area (TPSA) is 46.0 Å². The fraction of sp³-hybridized carbons (Fsp3) is 0.391. The van der Waals surface area contributed by atoms with E-state index < -0.39 is 0 Å². The average molecular weight is 376 g/mol. The molecule has 2 aromatic carbocycles. The van der Waals surface area contributed by atoms with Crippen LogP contribution in [0.2, 0.25) is 0 Å². The predicted octanol–water partition coefficient (Wildman–Crippen LogP) is 4.91. The molecule has 1 saturated heterocycles. The summed E-state index contributed by atoms with van der Waals surface area (Å²) < 4.78 is 1.79. The number of nitrogens with one attached hydrogen (secondary N) is 1. The second-order valence-corrected chi connectivity index (χ2v) is 8.14. The van der Waals surface area contributed by atoms with Gasteiger partial charge in [0.2, 0.25) is 5.95 Å². The summed E-state index contributed by atoms with van der Waals surface area (Å²) in [4.78, 5) is 6.92. The van der Waals surface area contributed by atoms with Gasteiger partial charge in [0.25, 0.3) is 0 Å². The highest BCUT2D eigenvalue weighted by Gasteiger charge is 2.29. The fourth-order valence-corrected chi connectivity index (χ4v) is 4.23. The third-order valence-corrected chi connectivity index (χ3v) is 5.98. The summed E-state index contributed by atoms with van der Waals surface area (Å²) in [5.74, 6) is 1.21. The number of benzene rings is 2. The van der Waals surface area contributed by atoms with E-state index in [0.29, 0.717) is 23.9 Å². The summed E-state index contributed by atoms with van der Waals surface area (Å²) in [6.07, 6.45) is 4.14. The summed E-state index contributed by atoms with van der Waals surface area (Å²) in [6, 6.07) is 18.0. The van der Waals surface area contributed by atoms with Crippen LogP contribution in [0.25, 0.3) is 5.69 Å². The lowest BCUT2D eigenvalue weighted by Crippen LogP contribution is -2.43. The number of hydrogen-bond donors (Lipinski definition) is 1. The summed E-state index contributed by atoms with van der Waals surface area (Å²) >= 11 is 0. The van der Waals surface area contributed by atoms with Gasteiger partial charge in [-0.1, -0.05) is 24.3 Å². The third kappa shape index (κ3) is 3.94. The van der Waals surface area contributed by atoms with E-state index in [0.717, 1.165) is 11.4 Å². The molecule has 3 atom stereocenters. The van der Waals surface area contributed by atoms with Crippen LogP contribution in [0, 0.1) is 6.92 Å². The zero-order valence-corrected chi connectivity index (χ0v) is 17.1. The average Bonchev–Trinajstić information content (AvgIpc) is 3.14. The number of anilines is 2. The van der Waals surface area contributed by atoms with E-state index in [1.807, 2.05) is 30.3 Å². The molecule has 1 unspecified atom stereocenters. The van der Waals surface area contributed by atoms with Gasteiger partial charge in [-0.25, -0.2) is 4.68 Å². The zero-order chi connectivity index (χ0) is 19.7. The highest BCUT2D eigenvalue weighted by molar-refractivity contribution is 5.56. The quantitative estimate of drug-likeness (QED) is 0.704. The summed E-state index contributed by atoms with van der Waals surface area (Å²) in [7, 11) is 2.24. The Kier molecular flexibility index (Phi) is 5.18. The van der Waals surface area contributed by atoms with Gasteiger partial charge in [-0.3, -0.25) is 0 Å². The van der Waals surface area contributed by atoms with Crippen LogP contribution in [0.5, 0.6) is 0 Å². The molecule has 1 fully saturated rings. The molecule has 0 aliphatic carbocycles. The number of rotatable bonds is 4. The molecule has 1 aromatic heterocycles. The van der Waals surface area contributed by atoms with Crippen molar-refractivity contribution in [2.45, 2.75) is 51.6 Å². The summed E-state index contributed by atoms with van der Waals surface area (Å²) in [5.41, 5.74) is 4.74. The SMILES string of the molecule is Cc1cc(Nc2ncn(-c3ccccc3)n2)cc(C2C[C@@H](C)N(C)[C@@H](C)C2)c1. The largest absolute Gasteiger partial charge is 0.323 e. The lowest BCUT2D eigenvalue weighted by atomic mass is 9.82. The number of aromatic nitrogens is 3. The first-order chi connectivity index (χ1) is 13.5. The van der Waals surface area contributed by atoms with Crippen molar-refractivity contribution in [1.29, 1.82) is 0 Å². The van der Waals surface area contributed by atoms with Crippen LogP contribution in [0.4, 0.5) is 11.6 Å². The molecule has 146 valence electrons. The van der Waals surface area contributed by atoms with Crippen molar-refractivity contribution in [1.82, 2.24) is 19.7 Å². The lowest BCUT2D eigenvalue weighted by Gasteiger charge is -2.40. The molecule has 4 rings (SSSR count). The van der Waals surface area contributed by atoms with E-state index >= 15 is 0 Å². The Morgan fingerprint density at radius 1 is 1.00 bits per heavy atom. The number of piperidine rings is 1. The van der Waals surface area contributed by atoms with Crippen LogP contribution >= 0.6 is 0 Å². The van der Waals surface area contributed by atoms with Gasteiger partial charge in [-0.05, 0) is 82.0 Å². The molecule has 0 bridgehead atoms. The number of nitrogens with zero attached hydrogens (tertiary/aromatic N) is 4. The maximum absolute atomic E-state index is 4.57. The van der Waals surface area contributed by atoms with Gasteiger partial charge in [0.1, 0.15) is 6.33 Å². The first-order valence-electron chi connectivity index (χ1n) is 10.1. The Morgan fingerprint density at radius 2 is 1.71 bits per heavy atom. The molecule has 1 aliphatic rings. The molecule has 28 heavy (non-hydrogen) atoms. The minimum Gasteiger partial charge on any atom is -0.323 e. The zero-order valence-electron chi connectivity index (χ0n) is 17.1. The molecule has 5 heteroatoms. The molecular formula is C23H29N5. The number of para-hydroxylation sites is 1. The second kappa shape index (κ2) is 7.76. The van der Waals surface area contributed by atoms with Crippen molar-refractivity contribution in [3.05, 3.63) is 66.0 Å². The Balaban J connectivity index is 1.54. The highest BCUT2D eigenvalue weighted by atomic mass is 15.4. The number of aryl methyl sites for hydroxylation is 1. The highest BCUT2D eigenvalue weighted by Crippen LogP contribution is 2.35. The van der Waals surface area contributed by atoms with Crippen molar-refractivity contribution in [2.24, 2.45) is 0 Å². The van der Waals surface area contributed by atoms with Crippen molar-refractivity contribution in [3.63, 3.8) is 0 Å². The van der Waals surface area contributed by atoms with Crippen molar-refractivity contribution in [3.8, 4) is 5.69 Å². The Morgan fingerprint density at radius 3 is 2.43 bits per heavy atom. The first kappa shape index (κ1) is 18.7. The van der Waals surface area contributed by atoms with Gasteiger partial charge in [0, 0.05) is 17.8 Å². The molecule has 0 saturated carbocycles. The van der Waals surface area contributed by atoms with Gasteiger partial charge in [0.15, 0.2) is 0 Å². The maximum atomic E-state index is 4.57. The molecule has 0 radical (unpaired) electrons. The van der Waals surface area contributed by atoms with Crippen LogP contribution in [-0.4, -0.2) is 38.8 Å². The lowest BCUT2D eigenvalue weighted by molar-refractivity contribution is 0.123. The van der Waals surface area contributed by atoms with Crippen LogP contribution in [-0.2, 0) is 0 Å². The first-order valence-corrected chi connectivity index (χ1v) is 10.1. The molecular weight excluding hydrogens is 346 g/mol. The third-order valence-electron chi connectivity index (χ3n) is 5.98. The van der Waals surface area contributed by atoms with Crippen LogP contribution < -0.4 is 5.32 Å². The molecule has 3 aromatic rings. The van der Waals surface area contributed by atoms with Crippen molar-refractivity contribution >= 4 is 11.6 Å². The molecule has 0 amide bonds. The monoisotopic (exact) mass is 375 g/mol. The van der Waals surface area contributed by atoms with Crippen LogP contribution in [0.15, 0.2) is 54.9 Å². The Hall–Kier alpha value is -2.66. The molecule has 5 nitrogen and oxygen atoms in total. The molecule has 0 spiro atoms.